The Balaban J connectivity index is 1.16. The lowest BCUT2D eigenvalue weighted by Crippen LogP contribution is -2.26. The molecule has 0 unspecified atom stereocenters. The molecule has 49 heavy (non-hydrogen) atoms. The molecule has 0 N–H and O–H groups in total. The number of benzene rings is 6. The van der Waals surface area contributed by atoms with Gasteiger partial charge in [-0.05, 0) is 34.4 Å². The van der Waals surface area contributed by atoms with Gasteiger partial charge in [0.1, 0.15) is 43.7 Å². The maximum absolute atomic E-state index is 13.8. The number of Topliss-reactive ketones (excluding diaryl/α,β-unsaturated/α-hetero) is 1. The van der Waals surface area contributed by atoms with Crippen molar-refractivity contribution in [2.24, 2.45) is 0 Å². The quantitative estimate of drug-likeness (QED) is 0.124. The number of carbonyl (C=O) groups is 1. The first-order chi connectivity index (χ1) is 24.2. The average Bonchev–Trinajstić information content (AvgIpc) is 3.16. The van der Waals surface area contributed by atoms with Gasteiger partial charge >= 0.3 is 0 Å². The minimum absolute atomic E-state index is 0.0815. The van der Waals surface area contributed by atoms with E-state index in [0.29, 0.717) is 66.3 Å². The summed E-state index contributed by atoms with van der Waals surface area (Å²) in [4.78, 5) is 13.8. The zero-order valence-electron chi connectivity index (χ0n) is 27.0. The number of hydrogen-bond donors (Lipinski definition) is 0. The molecule has 0 saturated carbocycles. The molecule has 0 spiro atoms. The lowest BCUT2D eigenvalue weighted by Gasteiger charge is -2.28. The molecular formula is C43H36O6. The predicted octanol–water partition coefficient (Wildman–Crippen LogP) is 9.25. The molecule has 0 aliphatic carbocycles. The second-order valence-electron chi connectivity index (χ2n) is 11.8. The topological polar surface area (TPSA) is 63.2 Å². The van der Waals surface area contributed by atoms with Crippen LogP contribution in [0.15, 0.2) is 152 Å². The molecule has 0 bridgehead atoms. The highest BCUT2D eigenvalue weighted by atomic mass is 16.5. The Morgan fingerprint density at radius 3 is 1.49 bits per heavy atom. The summed E-state index contributed by atoms with van der Waals surface area (Å²) in [5.41, 5.74) is 5.50. The van der Waals surface area contributed by atoms with Crippen molar-refractivity contribution >= 4 is 5.78 Å². The summed E-state index contributed by atoms with van der Waals surface area (Å²) in [5, 5.41) is 0. The van der Waals surface area contributed by atoms with E-state index in [9.17, 15) is 4.79 Å². The second kappa shape index (κ2) is 15.3. The summed E-state index contributed by atoms with van der Waals surface area (Å²) in [6.07, 6.45) is -0.698. The van der Waals surface area contributed by atoms with E-state index in [4.69, 9.17) is 23.7 Å². The largest absolute Gasteiger partial charge is 0.489 e. The standard InChI is InChI=1S/C43H36O6/c44-38-26-37-40(47-29-33-17-9-3-10-18-33)24-36(45-27-31-13-5-1-6-14-31)25-41(37)49-43(38)35-21-22-39(46-28-32-15-7-2-8-16-32)42(23-35)48-30-34-19-11-4-12-20-34/h1-25,43H,26-30H2/t43-/m0/s1. The second-order valence-corrected chi connectivity index (χ2v) is 11.8. The molecule has 1 aliphatic rings. The Kier molecular flexibility index (Phi) is 9.84. The normalized spacial score (nSPS) is 13.6. The lowest BCUT2D eigenvalue weighted by molar-refractivity contribution is -0.126. The first-order valence-corrected chi connectivity index (χ1v) is 16.3. The van der Waals surface area contributed by atoms with Crippen LogP contribution in [0, 0.1) is 0 Å². The molecule has 6 aromatic rings. The third-order valence-electron chi connectivity index (χ3n) is 8.26. The molecule has 7 rings (SSSR count). The summed E-state index contributed by atoms with van der Waals surface area (Å²) in [6, 6.07) is 49.0. The fraction of sp³-hybridized carbons (Fsp3) is 0.140. The maximum Gasteiger partial charge on any atom is 0.182 e. The number of ether oxygens (including phenoxy) is 5. The van der Waals surface area contributed by atoms with E-state index < -0.39 is 6.10 Å². The summed E-state index contributed by atoms with van der Waals surface area (Å²) < 4.78 is 31.5. The van der Waals surface area contributed by atoms with Crippen LogP contribution < -0.4 is 23.7 Å². The highest BCUT2D eigenvalue weighted by molar-refractivity contribution is 5.90. The fourth-order valence-corrected chi connectivity index (χ4v) is 5.67. The van der Waals surface area contributed by atoms with Gasteiger partial charge in [-0.3, -0.25) is 4.79 Å². The maximum atomic E-state index is 13.8. The van der Waals surface area contributed by atoms with Gasteiger partial charge in [0.05, 0.1) is 0 Å². The van der Waals surface area contributed by atoms with Crippen LogP contribution >= 0.6 is 0 Å². The van der Waals surface area contributed by atoms with Crippen molar-refractivity contribution in [2.45, 2.75) is 39.0 Å². The van der Waals surface area contributed by atoms with Gasteiger partial charge in [0.15, 0.2) is 23.4 Å². The number of rotatable bonds is 13. The smallest absolute Gasteiger partial charge is 0.182 e. The van der Waals surface area contributed by atoms with Crippen molar-refractivity contribution in [2.75, 3.05) is 0 Å². The molecule has 6 aromatic carbocycles. The summed E-state index contributed by atoms with van der Waals surface area (Å²) in [6.45, 7) is 1.45. The van der Waals surface area contributed by atoms with Gasteiger partial charge in [0.25, 0.3) is 0 Å². The van der Waals surface area contributed by atoms with Crippen molar-refractivity contribution in [3.05, 3.63) is 185 Å². The van der Waals surface area contributed by atoms with Gasteiger partial charge in [-0.1, -0.05) is 127 Å². The molecule has 1 atom stereocenters. The van der Waals surface area contributed by atoms with Gasteiger partial charge in [0, 0.05) is 29.7 Å². The monoisotopic (exact) mass is 648 g/mol. The predicted molar refractivity (Wildman–Crippen MR) is 188 cm³/mol. The Morgan fingerprint density at radius 1 is 0.490 bits per heavy atom. The van der Waals surface area contributed by atoms with E-state index in [1.54, 1.807) is 0 Å². The van der Waals surface area contributed by atoms with Gasteiger partial charge < -0.3 is 23.7 Å². The third kappa shape index (κ3) is 8.11. The van der Waals surface area contributed by atoms with Gasteiger partial charge in [0.2, 0.25) is 0 Å². The highest BCUT2D eigenvalue weighted by Crippen LogP contribution is 2.43. The SMILES string of the molecule is O=C1Cc2c(OCc3ccccc3)cc(OCc3ccccc3)cc2O[C@H]1c1ccc(OCc2ccccc2)c(OCc2ccccc2)c1. The summed E-state index contributed by atoms with van der Waals surface area (Å²) in [7, 11) is 0. The average molecular weight is 649 g/mol. The fourth-order valence-electron chi connectivity index (χ4n) is 5.67. The van der Waals surface area contributed by atoms with E-state index in [-0.39, 0.29) is 12.2 Å². The first kappa shape index (κ1) is 31.6. The van der Waals surface area contributed by atoms with Crippen LogP contribution in [-0.2, 0) is 37.6 Å². The number of fused-ring (bicyclic) bond motifs is 1. The molecule has 1 heterocycles. The van der Waals surface area contributed by atoms with Gasteiger partial charge in [-0.25, -0.2) is 0 Å². The molecule has 6 nitrogen and oxygen atoms in total. The number of hydrogen-bond acceptors (Lipinski definition) is 6. The van der Waals surface area contributed by atoms with Crippen LogP contribution in [0.5, 0.6) is 28.7 Å². The molecule has 0 fully saturated rings. The zero-order valence-corrected chi connectivity index (χ0v) is 27.0. The lowest BCUT2D eigenvalue weighted by atomic mass is 9.95. The van der Waals surface area contributed by atoms with Crippen molar-refractivity contribution in [3.8, 4) is 28.7 Å². The van der Waals surface area contributed by atoms with E-state index in [1.165, 1.54) is 0 Å². The Labute approximate surface area is 286 Å². The number of ketones is 1. The van der Waals surface area contributed by atoms with Crippen molar-refractivity contribution < 1.29 is 28.5 Å². The van der Waals surface area contributed by atoms with E-state index in [0.717, 1.165) is 22.3 Å². The first-order valence-electron chi connectivity index (χ1n) is 16.3. The van der Waals surface area contributed by atoms with E-state index >= 15 is 0 Å². The molecule has 0 radical (unpaired) electrons. The van der Waals surface area contributed by atoms with Crippen molar-refractivity contribution in [3.63, 3.8) is 0 Å². The van der Waals surface area contributed by atoms with Gasteiger partial charge in [-0.15, -0.1) is 0 Å². The Bertz CT molecular complexity index is 1980. The molecular weight excluding hydrogens is 612 g/mol. The summed E-state index contributed by atoms with van der Waals surface area (Å²) >= 11 is 0. The number of carbonyl (C=O) groups excluding carboxylic acids is 1. The van der Waals surface area contributed by atoms with Crippen LogP contribution in [0.25, 0.3) is 0 Å². The van der Waals surface area contributed by atoms with Crippen LogP contribution in [-0.4, -0.2) is 5.78 Å². The van der Waals surface area contributed by atoms with E-state index in [2.05, 4.69) is 0 Å². The van der Waals surface area contributed by atoms with Crippen LogP contribution in [0.3, 0.4) is 0 Å². The minimum atomic E-state index is -0.846. The Morgan fingerprint density at radius 2 is 0.959 bits per heavy atom. The van der Waals surface area contributed by atoms with Crippen molar-refractivity contribution in [1.29, 1.82) is 0 Å². The molecule has 0 aromatic heterocycles. The zero-order chi connectivity index (χ0) is 33.3. The third-order valence-corrected chi connectivity index (χ3v) is 8.26. The van der Waals surface area contributed by atoms with Crippen LogP contribution in [0.2, 0.25) is 0 Å². The highest BCUT2D eigenvalue weighted by Gasteiger charge is 2.33. The van der Waals surface area contributed by atoms with E-state index in [1.807, 2.05) is 152 Å². The van der Waals surface area contributed by atoms with Crippen LogP contribution in [0.1, 0.15) is 39.5 Å². The molecule has 6 heteroatoms. The Hall–Kier alpha value is -6.01. The summed E-state index contributed by atoms with van der Waals surface area (Å²) in [5.74, 6) is 2.74. The molecule has 1 aliphatic heterocycles. The minimum Gasteiger partial charge on any atom is -0.489 e. The van der Waals surface area contributed by atoms with Crippen molar-refractivity contribution in [1.82, 2.24) is 0 Å². The molecule has 244 valence electrons. The molecule has 0 saturated heterocycles. The van der Waals surface area contributed by atoms with Gasteiger partial charge in [-0.2, -0.15) is 0 Å². The van der Waals surface area contributed by atoms with Crippen LogP contribution in [0.4, 0.5) is 0 Å². The molecule has 0 amide bonds.